The van der Waals surface area contributed by atoms with Gasteiger partial charge in [-0.15, -0.1) is 0 Å². The lowest BCUT2D eigenvalue weighted by Crippen LogP contribution is -2.67. The fraction of sp³-hybridized carbons (Fsp3) is 0.684. The summed E-state index contributed by atoms with van der Waals surface area (Å²) in [6, 6.07) is 1.58. The first-order chi connectivity index (χ1) is 13.4. The molecule has 4 heterocycles. The van der Waals surface area contributed by atoms with Crippen LogP contribution in [0, 0.1) is 18.8 Å². The van der Waals surface area contributed by atoms with Crippen molar-refractivity contribution in [2.75, 3.05) is 26.2 Å². The van der Waals surface area contributed by atoms with Gasteiger partial charge in [0.05, 0.1) is 18.3 Å². The predicted molar refractivity (Wildman–Crippen MR) is 97.5 cm³/mol. The van der Waals surface area contributed by atoms with Gasteiger partial charge in [-0.1, -0.05) is 5.16 Å². The number of carboxylic acids is 1. The number of rotatable bonds is 5. The predicted octanol–water partition coefficient (Wildman–Crippen LogP) is 0.499. The Morgan fingerprint density at radius 1 is 1.36 bits per heavy atom. The van der Waals surface area contributed by atoms with E-state index in [0.717, 1.165) is 19.3 Å². The van der Waals surface area contributed by atoms with E-state index in [0.29, 0.717) is 37.7 Å². The molecule has 1 aromatic heterocycles. The lowest BCUT2D eigenvalue weighted by atomic mass is 9.72. The van der Waals surface area contributed by atoms with Crippen LogP contribution in [0.15, 0.2) is 10.6 Å². The van der Waals surface area contributed by atoms with Crippen molar-refractivity contribution in [2.45, 2.75) is 44.7 Å². The number of amides is 2. The van der Waals surface area contributed by atoms with Gasteiger partial charge in [0, 0.05) is 38.2 Å². The number of piperidine rings is 3. The summed E-state index contributed by atoms with van der Waals surface area (Å²) in [6.07, 6.45) is 3.32. The molecule has 9 nitrogen and oxygen atoms in total. The van der Waals surface area contributed by atoms with E-state index in [1.807, 2.05) is 9.80 Å². The molecule has 3 aliphatic heterocycles. The summed E-state index contributed by atoms with van der Waals surface area (Å²) in [7, 11) is 0. The van der Waals surface area contributed by atoms with E-state index < -0.39 is 5.97 Å². The molecule has 4 atom stereocenters. The fourth-order valence-electron chi connectivity index (χ4n) is 5.21. The summed E-state index contributed by atoms with van der Waals surface area (Å²) in [5.41, 5.74) is 0.633. The Morgan fingerprint density at radius 3 is 2.86 bits per heavy atom. The van der Waals surface area contributed by atoms with Crippen molar-refractivity contribution in [3.8, 4) is 0 Å². The third kappa shape index (κ3) is 3.63. The Kier molecular flexibility index (Phi) is 5.09. The molecular weight excluding hydrogens is 364 g/mol. The monoisotopic (exact) mass is 390 g/mol. The number of fused-ring (bicyclic) bond motifs is 4. The van der Waals surface area contributed by atoms with Gasteiger partial charge in [0.15, 0.2) is 0 Å². The summed E-state index contributed by atoms with van der Waals surface area (Å²) < 4.78 is 5.02. The van der Waals surface area contributed by atoms with Crippen molar-refractivity contribution < 1.29 is 24.0 Å². The maximum absolute atomic E-state index is 12.7. The first-order valence-corrected chi connectivity index (χ1v) is 9.89. The van der Waals surface area contributed by atoms with E-state index in [4.69, 9.17) is 4.52 Å². The second-order valence-corrected chi connectivity index (χ2v) is 8.21. The number of nitrogens with one attached hydrogen (secondary N) is 1. The van der Waals surface area contributed by atoms with Gasteiger partial charge in [-0.05, 0) is 38.0 Å². The molecule has 0 spiro atoms. The molecule has 2 bridgehead atoms. The van der Waals surface area contributed by atoms with Crippen LogP contribution in [0.5, 0.6) is 0 Å². The first-order valence-electron chi connectivity index (χ1n) is 9.89. The summed E-state index contributed by atoms with van der Waals surface area (Å²) >= 11 is 0. The van der Waals surface area contributed by atoms with Gasteiger partial charge in [0.25, 0.3) is 5.91 Å². The Hall–Kier alpha value is -2.42. The molecule has 3 saturated heterocycles. The zero-order valence-corrected chi connectivity index (χ0v) is 16.0. The maximum Gasteiger partial charge on any atom is 0.317 e. The second kappa shape index (κ2) is 7.54. The number of nitrogens with zero attached hydrogens (tertiary/aromatic N) is 3. The summed E-state index contributed by atoms with van der Waals surface area (Å²) in [4.78, 5) is 40.3. The van der Waals surface area contributed by atoms with Gasteiger partial charge < -0.3 is 19.8 Å². The molecule has 9 heteroatoms. The first kappa shape index (κ1) is 18.9. The average Bonchev–Trinajstić information content (AvgIpc) is 3.08. The number of likely N-dealkylation sites (tertiary alicyclic amines) is 1. The molecular formula is C19H26N4O5. The molecule has 28 heavy (non-hydrogen) atoms. The minimum absolute atomic E-state index is 0.0179. The summed E-state index contributed by atoms with van der Waals surface area (Å²) in [6.45, 7) is 3.44. The van der Waals surface area contributed by atoms with Crippen molar-refractivity contribution in [1.29, 1.82) is 0 Å². The highest BCUT2D eigenvalue weighted by Crippen LogP contribution is 2.41. The number of aromatic nitrogens is 1. The van der Waals surface area contributed by atoms with Crippen LogP contribution in [0.25, 0.3) is 0 Å². The highest BCUT2D eigenvalue weighted by molar-refractivity contribution is 5.91. The summed E-state index contributed by atoms with van der Waals surface area (Å²) in [5, 5.41) is 15.8. The molecule has 4 rings (SSSR count). The lowest BCUT2D eigenvalue weighted by molar-refractivity contribution is -0.154. The fourth-order valence-corrected chi connectivity index (χ4v) is 5.21. The normalized spacial score (nSPS) is 30.0. The number of hydrogen-bond acceptors (Lipinski definition) is 6. The van der Waals surface area contributed by atoms with Crippen LogP contribution >= 0.6 is 0 Å². The molecule has 3 aliphatic rings. The molecule has 0 radical (unpaired) electrons. The molecule has 152 valence electrons. The number of carboxylic acid groups (broad SMARTS) is 1. The van der Waals surface area contributed by atoms with Crippen LogP contribution in [0.3, 0.4) is 0 Å². The third-order valence-corrected chi connectivity index (χ3v) is 6.25. The van der Waals surface area contributed by atoms with Gasteiger partial charge in [0.1, 0.15) is 0 Å². The van der Waals surface area contributed by atoms with Crippen LogP contribution in [0.4, 0.5) is 0 Å². The molecule has 0 aliphatic carbocycles. The Morgan fingerprint density at radius 2 is 2.14 bits per heavy atom. The van der Waals surface area contributed by atoms with Gasteiger partial charge in [-0.2, -0.15) is 0 Å². The van der Waals surface area contributed by atoms with E-state index in [2.05, 4.69) is 10.5 Å². The second-order valence-electron chi connectivity index (χ2n) is 8.21. The highest BCUT2D eigenvalue weighted by atomic mass is 16.5. The number of carbonyl (C=O) groups is 3. The summed E-state index contributed by atoms with van der Waals surface area (Å²) in [5.74, 6) is -0.431. The Balaban J connectivity index is 1.51. The number of hydrogen-bond donors (Lipinski definition) is 2. The maximum atomic E-state index is 12.7. The van der Waals surface area contributed by atoms with Crippen LogP contribution < -0.4 is 5.32 Å². The minimum Gasteiger partial charge on any atom is -0.480 e. The highest BCUT2D eigenvalue weighted by Gasteiger charge is 2.49. The van der Waals surface area contributed by atoms with Crippen molar-refractivity contribution in [3.63, 3.8) is 0 Å². The SMILES string of the molecule is Cc1cc(C(=O)NC[C@H]2[C@H]3C[C@H](CN(CC(=O)O)C3)[C@@H]3CCCC(=O)N32)on1. The largest absolute Gasteiger partial charge is 0.480 e. The number of aryl methyl sites for hydroxylation is 1. The minimum atomic E-state index is -0.831. The van der Waals surface area contributed by atoms with E-state index in [-0.39, 0.29) is 42.1 Å². The molecule has 2 amide bonds. The van der Waals surface area contributed by atoms with Crippen molar-refractivity contribution >= 4 is 17.8 Å². The molecule has 3 fully saturated rings. The van der Waals surface area contributed by atoms with Crippen LogP contribution in [0.1, 0.15) is 41.9 Å². The van der Waals surface area contributed by atoms with Crippen molar-refractivity contribution in [3.05, 3.63) is 17.5 Å². The van der Waals surface area contributed by atoms with Gasteiger partial charge in [0.2, 0.25) is 11.7 Å². The quantitative estimate of drug-likeness (QED) is 0.752. The Labute approximate surface area is 163 Å². The van der Waals surface area contributed by atoms with E-state index in [1.165, 1.54) is 0 Å². The standard InChI is InChI=1S/C19H26N4O5/c1-11-5-16(28-21-11)19(27)20-7-15-13-6-12(8-22(9-13)10-18(25)26)14-3-2-4-17(24)23(14)15/h5,12-15H,2-4,6-10H2,1H3,(H,20,27)(H,25,26)/t12-,13+,14+,15+/m1/s1. The molecule has 0 unspecified atom stereocenters. The van der Waals surface area contributed by atoms with Crippen molar-refractivity contribution in [2.24, 2.45) is 11.8 Å². The smallest absolute Gasteiger partial charge is 0.317 e. The van der Waals surface area contributed by atoms with Crippen LogP contribution in [0.2, 0.25) is 0 Å². The average molecular weight is 390 g/mol. The third-order valence-electron chi connectivity index (χ3n) is 6.25. The lowest BCUT2D eigenvalue weighted by Gasteiger charge is -2.56. The molecule has 0 aromatic carbocycles. The topological polar surface area (TPSA) is 116 Å². The van der Waals surface area contributed by atoms with Crippen LogP contribution in [-0.2, 0) is 9.59 Å². The zero-order valence-electron chi connectivity index (χ0n) is 16.0. The van der Waals surface area contributed by atoms with E-state index in [1.54, 1.807) is 13.0 Å². The molecule has 1 aromatic rings. The number of carbonyl (C=O) groups excluding carboxylic acids is 2. The Bertz CT molecular complexity index is 778. The molecule has 0 saturated carbocycles. The zero-order chi connectivity index (χ0) is 19.8. The van der Waals surface area contributed by atoms with Crippen molar-refractivity contribution in [1.82, 2.24) is 20.3 Å². The van der Waals surface area contributed by atoms with Crippen LogP contribution in [-0.4, -0.2) is 76.1 Å². The number of aliphatic carboxylic acids is 1. The molecule has 2 N–H and O–H groups in total. The van der Waals surface area contributed by atoms with Gasteiger partial charge >= 0.3 is 5.97 Å². The van der Waals surface area contributed by atoms with Gasteiger partial charge in [-0.3, -0.25) is 19.3 Å². The van der Waals surface area contributed by atoms with E-state index >= 15 is 0 Å². The van der Waals surface area contributed by atoms with E-state index in [9.17, 15) is 19.5 Å². The van der Waals surface area contributed by atoms with Gasteiger partial charge in [-0.25, -0.2) is 0 Å².